The van der Waals surface area contributed by atoms with E-state index >= 15 is 0 Å². The molecule has 76 valence electrons. The first-order valence-electron chi connectivity index (χ1n) is 5.01. The first-order valence-corrected chi connectivity index (χ1v) is 5.01. The third-order valence-corrected chi connectivity index (χ3v) is 3.14. The van der Waals surface area contributed by atoms with Crippen LogP contribution in [0.1, 0.15) is 29.5 Å². The highest BCUT2D eigenvalue weighted by Gasteiger charge is 2.42. The molecule has 0 bridgehead atoms. The topological polar surface area (TPSA) is 35.2 Å². The molecule has 0 unspecified atom stereocenters. The van der Waals surface area contributed by atoms with Crippen LogP contribution in [0.25, 0.3) is 0 Å². The molecule has 1 aliphatic rings. The number of methoxy groups -OCH3 is 1. The number of benzene rings is 1. The minimum absolute atomic E-state index is 0.107. The van der Waals surface area contributed by atoms with Crippen LogP contribution in [0.3, 0.4) is 0 Å². The molecule has 1 fully saturated rings. The van der Waals surface area contributed by atoms with Gasteiger partial charge in [0.05, 0.1) is 7.11 Å². The highest BCUT2D eigenvalue weighted by Crippen LogP contribution is 2.47. The predicted molar refractivity (Wildman–Crippen MR) is 57.6 cm³/mol. The highest BCUT2D eigenvalue weighted by atomic mass is 16.5. The van der Waals surface area contributed by atoms with Crippen molar-refractivity contribution in [2.75, 3.05) is 7.11 Å². The van der Waals surface area contributed by atoms with Crippen LogP contribution in [0.5, 0.6) is 5.75 Å². The lowest BCUT2D eigenvalue weighted by Gasteiger charge is -2.16. The Hall–Kier alpha value is -1.02. The molecule has 0 heterocycles. The molecule has 0 atom stereocenters. The van der Waals surface area contributed by atoms with Crippen LogP contribution in [0.2, 0.25) is 0 Å². The third-order valence-electron chi connectivity index (χ3n) is 3.14. The molecule has 0 amide bonds. The molecule has 1 saturated carbocycles. The standard InChI is InChI=1S/C12H17NO/c1-8-6-10(12(13)4-5-12)11(14-3)7-9(8)2/h6-7H,4-5,13H2,1-3H3. The van der Waals surface area contributed by atoms with Crippen molar-refractivity contribution in [2.24, 2.45) is 5.73 Å². The van der Waals surface area contributed by atoms with E-state index < -0.39 is 0 Å². The van der Waals surface area contributed by atoms with E-state index in [0.717, 1.165) is 18.6 Å². The Balaban J connectivity index is 2.52. The minimum atomic E-state index is -0.107. The summed E-state index contributed by atoms with van der Waals surface area (Å²) < 4.78 is 5.37. The van der Waals surface area contributed by atoms with Crippen LogP contribution >= 0.6 is 0 Å². The average Bonchev–Trinajstić information content (AvgIpc) is 2.89. The largest absolute Gasteiger partial charge is 0.496 e. The van der Waals surface area contributed by atoms with Gasteiger partial charge >= 0.3 is 0 Å². The fourth-order valence-corrected chi connectivity index (χ4v) is 1.75. The van der Waals surface area contributed by atoms with E-state index in [9.17, 15) is 0 Å². The summed E-state index contributed by atoms with van der Waals surface area (Å²) in [5, 5.41) is 0. The number of rotatable bonds is 2. The number of nitrogens with two attached hydrogens (primary N) is 1. The maximum atomic E-state index is 6.18. The molecule has 2 heteroatoms. The second kappa shape index (κ2) is 2.99. The van der Waals surface area contributed by atoms with E-state index in [1.807, 2.05) is 0 Å². The van der Waals surface area contributed by atoms with Crippen LogP contribution in [-0.2, 0) is 5.54 Å². The lowest BCUT2D eigenvalue weighted by Crippen LogP contribution is -2.20. The summed E-state index contributed by atoms with van der Waals surface area (Å²) in [4.78, 5) is 0. The number of hydrogen-bond donors (Lipinski definition) is 1. The van der Waals surface area contributed by atoms with E-state index in [-0.39, 0.29) is 5.54 Å². The van der Waals surface area contributed by atoms with Crippen LogP contribution in [0, 0.1) is 13.8 Å². The molecule has 2 nitrogen and oxygen atoms in total. The van der Waals surface area contributed by atoms with Crippen molar-refractivity contribution in [3.8, 4) is 5.75 Å². The summed E-state index contributed by atoms with van der Waals surface area (Å²) in [7, 11) is 1.71. The summed E-state index contributed by atoms with van der Waals surface area (Å²) in [6, 6.07) is 4.25. The smallest absolute Gasteiger partial charge is 0.124 e. The highest BCUT2D eigenvalue weighted by molar-refractivity contribution is 5.47. The number of ether oxygens (including phenoxy) is 1. The molecule has 0 aliphatic heterocycles. The lowest BCUT2D eigenvalue weighted by atomic mass is 9.98. The maximum Gasteiger partial charge on any atom is 0.124 e. The fourth-order valence-electron chi connectivity index (χ4n) is 1.75. The van der Waals surface area contributed by atoms with Gasteiger partial charge in [0.15, 0.2) is 0 Å². The van der Waals surface area contributed by atoms with Crippen molar-refractivity contribution in [3.05, 3.63) is 28.8 Å². The Labute approximate surface area is 85.1 Å². The molecular weight excluding hydrogens is 174 g/mol. The Morgan fingerprint density at radius 3 is 2.29 bits per heavy atom. The van der Waals surface area contributed by atoms with Crippen molar-refractivity contribution in [1.82, 2.24) is 0 Å². The van der Waals surface area contributed by atoms with E-state index in [1.165, 1.54) is 16.7 Å². The average molecular weight is 191 g/mol. The zero-order valence-corrected chi connectivity index (χ0v) is 9.05. The molecule has 14 heavy (non-hydrogen) atoms. The Morgan fingerprint density at radius 2 is 1.79 bits per heavy atom. The molecule has 2 rings (SSSR count). The SMILES string of the molecule is COc1cc(C)c(C)cc1C1(N)CC1. The zero-order valence-electron chi connectivity index (χ0n) is 9.05. The van der Waals surface area contributed by atoms with Gasteiger partial charge in [-0.3, -0.25) is 0 Å². The first-order chi connectivity index (χ1) is 6.57. The van der Waals surface area contributed by atoms with Crippen molar-refractivity contribution in [3.63, 3.8) is 0 Å². The zero-order chi connectivity index (χ0) is 10.3. The van der Waals surface area contributed by atoms with Crippen molar-refractivity contribution >= 4 is 0 Å². The van der Waals surface area contributed by atoms with E-state index in [2.05, 4.69) is 26.0 Å². The quantitative estimate of drug-likeness (QED) is 0.778. The second-order valence-corrected chi connectivity index (χ2v) is 4.29. The molecule has 1 aromatic carbocycles. The van der Waals surface area contributed by atoms with E-state index in [4.69, 9.17) is 10.5 Å². The van der Waals surface area contributed by atoms with Crippen LogP contribution < -0.4 is 10.5 Å². The summed E-state index contributed by atoms with van der Waals surface area (Å²) in [5.41, 5.74) is 9.79. The van der Waals surface area contributed by atoms with Gasteiger partial charge in [0.2, 0.25) is 0 Å². The number of aryl methyl sites for hydroxylation is 2. The van der Waals surface area contributed by atoms with Gasteiger partial charge in [-0.1, -0.05) is 6.07 Å². The van der Waals surface area contributed by atoms with Gasteiger partial charge in [0.25, 0.3) is 0 Å². The molecule has 2 N–H and O–H groups in total. The van der Waals surface area contributed by atoms with Crippen LogP contribution in [0.4, 0.5) is 0 Å². The van der Waals surface area contributed by atoms with Gasteiger partial charge in [-0.25, -0.2) is 0 Å². The van der Waals surface area contributed by atoms with Crippen LogP contribution in [-0.4, -0.2) is 7.11 Å². The lowest BCUT2D eigenvalue weighted by molar-refractivity contribution is 0.404. The van der Waals surface area contributed by atoms with Gasteiger partial charge in [-0.2, -0.15) is 0 Å². The Kier molecular flexibility index (Phi) is 2.04. The van der Waals surface area contributed by atoms with E-state index in [0.29, 0.717) is 0 Å². The van der Waals surface area contributed by atoms with Gasteiger partial charge in [-0.05, 0) is 43.9 Å². The minimum Gasteiger partial charge on any atom is -0.496 e. The van der Waals surface area contributed by atoms with Crippen LogP contribution in [0.15, 0.2) is 12.1 Å². The fraction of sp³-hybridized carbons (Fsp3) is 0.500. The van der Waals surface area contributed by atoms with Gasteiger partial charge < -0.3 is 10.5 Å². The van der Waals surface area contributed by atoms with E-state index in [1.54, 1.807) is 7.11 Å². The molecule has 0 saturated heterocycles. The second-order valence-electron chi connectivity index (χ2n) is 4.29. The molecule has 0 radical (unpaired) electrons. The van der Waals surface area contributed by atoms with Gasteiger partial charge in [-0.15, -0.1) is 0 Å². The molecular formula is C12H17NO. The maximum absolute atomic E-state index is 6.18. The molecule has 1 aliphatic carbocycles. The Morgan fingerprint density at radius 1 is 1.21 bits per heavy atom. The van der Waals surface area contributed by atoms with Crippen molar-refractivity contribution < 1.29 is 4.74 Å². The Bertz CT molecular complexity index is 367. The van der Waals surface area contributed by atoms with Gasteiger partial charge in [0.1, 0.15) is 5.75 Å². The predicted octanol–water partition coefficient (Wildman–Crippen LogP) is 2.26. The summed E-state index contributed by atoms with van der Waals surface area (Å²) in [6.07, 6.45) is 2.15. The molecule has 1 aromatic rings. The first kappa shape index (κ1) is 9.53. The van der Waals surface area contributed by atoms with Crippen molar-refractivity contribution in [1.29, 1.82) is 0 Å². The molecule has 0 spiro atoms. The summed E-state index contributed by atoms with van der Waals surface area (Å²) >= 11 is 0. The molecule has 0 aromatic heterocycles. The number of hydrogen-bond acceptors (Lipinski definition) is 2. The monoisotopic (exact) mass is 191 g/mol. The third kappa shape index (κ3) is 1.40. The summed E-state index contributed by atoms with van der Waals surface area (Å²) in [6.45, 7) is 4.21. The van der Waals surface area contributed by atoms with Gasteiger partial charge in [0, 0.05) is 11.1 Å². The van der Waals surface area contributed by atoms with Crippen molar-refractivity contribution in [2.45, 2.75) is 32.2 Å². The normalized spacial score (nSPS) is 18.0. The summed E-state index contributed by atoms with van der Waals surface area (Å²) in [5.74, 6) is 0.938.